The molecule has 1 aliphatic rings. The lowest BCUT2D eigenvalue weighted by molar-refractivity contribution is 0.114. The van der Waals surface area contributed by atoms with Gasteiger partial charge in [-0.15, -0.1) is 24.0 Å². The van der Waals surface area contributed by atoms with Crippen molar-refractivity contribution in [2.75, 3.05) is 13.2 Å². The molecule has 0 radical (unpaired) electrons. The number of aliphatic imine (C=N–C) groups is 1. The summed E-state index contributed by atoms with van der Waals surface area (Å²) in [4.78, 5) is 8.62. The van der Waals surface area contributed by atoms with Crippen LogP contribution in [-0.4, -0.2) is 34.8 Å². The molecule has 3 aromatic rings. The van der Waals surface area contributed by atoms with E-state index < -0.39 is 0 Å². The van der Waals surface area contributed by atoms with E-state index in [9.17, 15) is 0 Å². The lowest BCUT2D eigenvalue weighted by Gasteiger charge is -2.12. The van der Waals surface area contributed by atoms with Gasteiger partial charge in [0.1, 0.15) is 0 Å². The quantitative estimate of drug-likeness (QED) is 0.284. The fraction of sp³-hybridized carbons (Fsp3) is 0.304. The maximum Gasteiger partial charge on any atom is 0.189 e. The first-order valence-electron chi connectivity index (χ1n) is 10.1. The predicted molar refractivity (Wildman–Crippen MR) is 131 cm³/mol. The summed E-state index contributed by atoms with van der Waals surface area (Å²) < 4.78 is 7.67. The van der Waals surface area contributed by atoms with Crippen molar-refractivity contribution in [1.82, 2.24) is 14.9 Å². The average molecular weight is 517 g/mol. The summed E-state index contributed by atoms with van der Waals surface area (Å²) in [6, 6.07) is 17.0. The third-order valence-corrected chi connectivity index (χ3v) is 5.16. The molecule has 3 N–H and O–H groups in total. The van der Waals surface area contributed by atoms with Gasteiger partial charge in [0.15, 0.2) is 5.96 Å². The second-order valence-corrected chi connectivity index (χ2v) is 7.31. The van der Waals surface area contributed by atoms with Crippen molar-refractivity contribution in [3.63, 3.8) is 0 Å². The lowest BCUT2D eigenvalue weighted by Crippen LogP contribution is -2.37. The van der Waals surface area contributed by atoms with Crippen LogP contribution in [0.15, 0.2) is 72.2 Å². The van der Waals surface area contributed by atoms with Crippen molar-refractivity contribution in [2.24, 2.45) is 10.7 Å². The molecule has 1 unspecified atom stereocenters. The maximum atomic E-state index is 6.05. The number of aromatic nitrogens is 2. The van der Waals surface area contributed by atoms with Crippen LogP contribution in [0.2, 0.25) is 0 Å². The molecule has 0 saturated carbocycles. The van der Waals surface area contributed by atoms with Crippen molar-refractivity contribution in [1.29, 1.82) is 0 Å². The number of nitrogens with two attached hydrogens (primary N) is 1. The van der Waals surface area contributed by atoms with Gasteiger partial charge in [0, 0.05) is 32.1 Å². The van der Waals surface area contributed by atoms with Gasteiger partial charge in [-0.05, 0) is 35.1 Å². The number of imidazole rings is 1. The number of hydrogen-bond donors (Lipinski definition) is 2. The summed E-state index contributed by atoms with van der Waals surface area (Å²) in [5.41, 5.74) is 10.8. The second-order valence-electron chi connectivity index (χ2n) is 7.31. The van der Waals surface area contributed by atoms with Crippen molar-refractivity contribution in [3.05, 3.63) is 78.4 Å². The molecule has 0 bridgehead atoms. The molecule has 1 atom stereocenters. The highest BCUT2D eigenvalue weighted by Crippen LogP contribution is 2.25. The number of nitrogens with one attached hydrogen (secondary N) is 1. The van der Waals surface area contributed by atoms with Crippen molar-refractivity contribution < 1.29 is 4.74 Å². The fourth-order valence-corrected chi connectivity index (χ4v) is 3.57. The highest BCUT2D eigenvalue weighted by molar-refractivity contribution is 14.0. The Balaban J connectivity index is 0.00000256. The van der Waals surface area contributed by atoms with Crippen molar-refractivity contribution in [3.8, 4) is 11.1 Å². The van der Waals surface area contributed by atoms with E-state index in [1.807, 2.05) is 18.6 Å². The Morgan fingerprint density at radius 3 is 2.77 bits per heavy atom. The summed E-state index contributed by atoms with van der Waals surface area (Å²) in [7, 11) is 0. The van der Waals surface area contributed by atoms with Crippen molar-refractivity contribution >= 4 is 29.9 Å². The van der Waals surface area contributed by atoms with E-state index >= 15 is 0 Å². The molecular formula is C23H28IN5O. The molecule has 1 aliphatic heterocycles. The molecular weight excluding hydrogens is 489 g/mol. The smallest absolute Gasteiger partial charge is 0.189 e. The topological polar surface area (TPSA) is 77.5 Å². The zero-order chi connectivity index (χ0) is 19.9. The van der Waals surface area contributed by atoms with Gasteiger partial charge in [0.05, 0.1) is 19.0 Å². The van der Waals surface area contributed by atoms with Gasteiger partial charge in [0.25, 0.3) is 0 Å². The number of halogens is 1. The molecule has 7 heteroatoms. The van der Waals surface area contributed by atoms with Gasteiger partial charge in [-0.1, -0.05) is 48.5 Å². The standard InChI is InChI=1S/C23H27N5O.HI/c24-23(27-15-21-5-3-13-29-21)26-14-20-4-1-2-6-22(20)19-9-7-18(8-10-19)16-28-12-11-25-17-28;/h1-2,4,6-12,17,21H,3,5,13-16H2,(H3,24,26,27);1H. The summed E-state index contributed by atoms with van der Waals surface area (Å²) in [5, 5.41) is 3.18. The van der Waals surface area contributed by atoms with Crippen LogP contribution in [0.4, 0.5) is 0 Å². The zero-order valence-corrected chi connectivity index (χ0v) is 19.2. The Labute approximate surface area is 194 Å². The predicted octanol–water partition coefficient (Wildman–Crippen LogP) is 3.80. The summed E-state index contributed by atoms with van der Waals surface area (Å²) in [6.07, 6.45) is 8.05. The summed E-state index contributed by atoms with van der Waals surface area (Å²) in [5.74, 6) is 0.464. The first kappa shape index (κ1) is 22.3. The molecule has 0 amide bonds. The molecule has 158 valence electrons. The molecule has 1 aromatic heterocycles. The van der Waals surface area contributed by atoms with E-state index in [2.05, 4.69) is 62.3 Å². The monoisotopic (exact) mass is 517 g/mol. The van der Waals surface area contributed by atoms with Crippen LogP contribution in [0.1, 0.15) is 24.0 Å². The van der Waals surface area contributed by atoms with Gasteiger partial charge in [-0.2, -0.15) is 0 Å². The number of hydrogen-bond acceptors (Lipinski definition) is 3. The van der Waals surface area contributed by atoms with Gasteiger partial charge < -0.3 is 20.4 Å². The van der Waals surface area contributed by atoms with E-state index in [0.717, 1.165) is 38.1 Å². The number of guanidine groups is 1. The van der Waals surface area contributed by atoms with Crippen LogP contribution in [0.3, 0.4) is 0 Å². The van der Waals surface area contributed by atoms with Crippen LogP contribution in [0.5, 0.6) is 0 Å². The number of benzene rings is 2. The Hall–Kier alpha value is -2.39. The minimum atomic E-state index is 0. The van der Waals surface area contributed by atoms with E-state index in [1.54, 1.807) is 6.20 Å². The van der Waals surface area contributed by atoms with Crippen LogP contribution in [0, 0.1) is 0 Å². The summed E-state index contributed by atoms with van der Waals surface area (Å²) >= 11 is 0. The largest absolute Gasteiger partial charge is 0.376 e. The average Bonchev–Trinajstić information content (AvgIpc) is 3.46. The number of rotatable bonds is 7. The lowest BCUT2D eigenvalue weighted by atomic mass is 9.98. The highest BCUT2D eigenvalue weighted by atomic mass is 127. The minimum Gasteiger partial charge on any atom is -0.376 e. The van der Waals surface area contributed by atoms with Crippen LogP contribution >= 0.6 is 24.0 Å². The van der Waals surface area contributed by atoms with Gasteiger partial charge >= 0.3 is 0 Å². The zero-order valence-electron chi connectivity index (χ0n) is 16.9. The molecule has 4 rings (SSSR count). The fourth-order valence-electron chi connectivity index (χ4n) is 3.57. The minimum absolute atomic E-state index is 0. The molecule has 0 spiro atoms. The molecule has 1 saturated heterocycles. The third-order valence-electron chi connectivity index (χ3n) is 5.16. The summed E-state index contributed by atoms with van der Waals surface area (Å²) in [6.45, 7) is 2.92. The van der Waals surface area contributed by atoms with Gasteiger partial charge in [-0.3, -0.25) is 0 Å². The third kappa shape index (κ3) is 6.06. The second kappa shape index (κ2) is 11.1. The van der Waals surface area contributed by atoms with E-state index in [0.29, 0.717) is 12.5 Å². The van der Waals surface area contributed by atoms with E-state index in [4.69, 9.17) is 10.5 Å². The Morgan fingerprint density at radius 1 is 1.20 bits per heavy atom. The molecule has 0 aliphatic carbocycles. The number of nitrogens with zero attached hydrogens (tertiary/aromatic N) is 3. The van der Waals surface area contributed by atoms with E-state index in [1.165, 1.54) is 16.7 Å². The van der Waals surface area contributed by atoms with Crippen molar-refractivity contribution in [2.45, 2.75) is 32.0 Å². The SMILES string of the molecule is I.NC(=NCc1ccccc1-c1ccc(Cn2ccnc2)cc1)NCC1CCCO1. The van der Waals surface area contributed by atoms with Crippen LogP contribution in [-0.2, 0) is 17.8 Å². The normalized spacial score (nSPS) is 16.3. The first-order chi connectivity index (χ1) is 14.3. The molecule has 2 aromatic carbocycles. The first-order valence-corrected chi connectivity index (χ1v) is 10.1. The Kier molecular flexibility index (Phi) is 8.27. The molecule has 30 heavy (non-hydrogen) atoms. The Morgan fingerprint density at radius 2 is 2.03 bits per heavy atom. The van der Waals surface area contributed by atoms with Crippen LogP contribution < -0.4 is 11.1 Å². The molecule has 1 fully saturated rings. The highest BCUT2D eigenvalue weighted by Gasteiger charge is 2.15. The maximum absolute atomic E-state index is 6.05. The number of ether oxygens (including phenoxy) is 1. The molecule has 6 nitrogen and oxygen atoms in total. The van der Waals surface area contributed by atoms with Gasteiger partial charge in [-0.25, -0.2) is 9.98 Å². The molecule has 2 heterocycles. The van der Waals surface area contributed by atoms with Crippen LogP contribution in [0.25, 0.3) is 11.1 Å². The van der Waals surface area contributed by atoms with E-state index in [-0.39, 0.29) is 30.1 Å². The van der Waals surface area contributed by atoms with Gasteiger partial charge in [0.2, 0.25) is 0 Å². The Bertz CT molecular complexity index is 934.